The Morgan fingerprint density at radius 2 is 2.39 bits per heavy atom. The maximum Gasteiger partial charge on any atom is 0.234 e. The van der Waals surface area contributed by atoms with Crippen LogP contribution in [-0.2, 0) is 11.3 Å². The van der Waals surface area contributed by atoms with E-state index in [2.05, 4.69) is 24.5 Å². The maximum atomic E-state index is 11.7. The van der Waals surface area contributed by atoms with Crippen molar-refractivity contribution in [2.45, 2.75) is 45.7 Å². The van der Waals surface area contributed by atoms with Crippen LogP contribution in [-0.4, -0.2) is 18.5 Å². The van der Waals surface area contributed by atoms with Crippen molar-refractivity contribution < 1.29 is 4.79 Å². The highest BCUT2D eigenvalue weighted by molar-refractivity contribution is 7.09. The molecule has 0 aromatic carbocycles. The van der Waals surface area contributed by atoms with Crippen LogP contribution in [0.3, 0.4) is 0 Å². The van der Waals surface area contributed by atoms with E-state index in [4.69, 9.17) is 0 Å². The molecule has 3 nitrogen and oxygen atoms in total. The van der Waals surface area contributed by atoms with Crippen molar-refractivity contribution in [3.63, 3.8) is 0 Å². The lowest BCUT2D eigenvalue weighted by atomic mass is 9.87. The van der Waals surface area contributed by atoms with Gasteiger partial charge < -0.3 is 10.6 Å². The van der Waals surface area contributed by atoms with E-state index in [0.29, 0.717) is 24.5 Å². The molecule has 0 aliphatic heterocycles. The smallest absolute Gasteiger partial charge is 0.234 e. The first-order valence-corrected chi connectivity index (χ1v) is 7.48. The number of hydrogen-bond donors (Lipinski definition) is 2. The molecule has 1 aromatic heterocycles. The van der Waals surface area contributed by atoms with E-state index in [1.807, 2.05) is 17.5 Å². The lowest BCUT2D eigenvalue weighted by Crippen LogP contribution is -2.43. The zero-order valence-electron chi connectivity index (χ0n) is 11.2. The predicted molar refractivity (Wildman–Crippen MR) is 75.6 cm³/mol. The molecule has 0 saturated heterocycles. The number of carbonyl (C=O) groups excluding carboxylic acids is 1. The van der Waals surface area contributed by atoms with Gasteiger partial charge in [-0.15, -0.1) is 11.3 Å². The largest absolute Gasteiger partial charge is 0.350 e. The molecule has 1 aromatic rings. The molecule has 1 aliphatic carbocycles. The van der Waals surface area contributed by atoms with Crippen molar-refractivity contribution in [1.29, 1.82) is 0 Å². The van der Waals surface area contributed by atoms with Gasteiger partial charge in [-0.3, -0.25) is 4.79 Å². The van der Waals surface area contributed by atoms with Crippen LogP contribution in [0.25, 0.3) is 0 Å². The average Bonchev–Trinajstić information content (AvgIpc) is 2.93. The summed E-state index contributed by atoms with van der Waals surface area (Å²) in [6, 6.07) is 4.52. The van der Waals surface area contributed by atoms with Gasteiger partial charge in [0.15, 0.2) is 0 Å². The second kappa shape index (κ2) is 5.85. The summed E-state index contributed by atoms with van der Waals surface area (Å²) in [6.45, 7) is 5.63. The SMILES string of the molecule is CC1(C)CCC[C@@H]1NCC(=O)NCc1cccs1. The summed E-state index contributed by atoms with van der Waals surface area (Å²) in [4.78, 5) is 12.9. The molecule has 1 saturated carbocycles. The Kier molecular flexibility index (Phi) is 4.40. The molecule has 1 atom stereocenters. The van der Waals surface area contributed by atoms with Crippen LogP contribution < -0.4 is 10.6 Å². The Hall–Kier alpha value is -0.870. The molecule has 0 bridgehead atoms. The first-order valence-electron chi connectivity index (χ1n) is 6.60. The van der Waals surface area contributed by atoms with E-state index in [1.165, 1.54) is 24.1 Å². The summed E-state index contributed by atoms with van der Waals surface area (Å²) < 4.78 is 0. The Labute approximate surface area is 113 Å². The highest BCUT2D eigenvalue weighted by Gasteiger charge is 2.34. The molecule has 0 radical (unpaired) electrons. The Bertz CT molecular complexity index is 387. The summed E-state index contributed by atoms with van der Waals surface area (Å²) in [6.07, 6.45) is 3.70. The second-order valence-electron chi connectivity index (χ2n) is 5.67. The van der Waals surface area contributed by atoms with Crippen LogP contribution >= 0.6 is 11.3 Å². The number of thiophene rings is 1. The fraction of sp³-hybridized carbons (Fsp3) is 0.643. The zero-order chi connectivity index (χ0) is 13.0. The summed E-state index contributed by atoms with van der Waals surface area (Å²) in [5.74, 6) is 0.0890. The van der Waals surface area contributed by atoms with Gasteiger partial charge in [0.1, 0.15) is 0 Å². The third-order valence-corrected chi connectivity index (χ3v) is 4.68. The molecule has 0 unspecified atom stereocenters. The third-order valence-electron chi connectivity index (χ3n) is 3.81. The van der Waals surface area contributed by atoms with E-state index in [9.17, 15) is 4.79 Å². The van der Waals surface area contributed by atoms with E-state index in [1.54, 1.807) is 11.3 Å². The lowest BCUT2D eigenvalue weighted by molar-refractivity contribution is -0.120. The predicted octanol–water partition coefficient (Wildman–Crippen LogP) is 2.53. The van der Waals surface area contributed by atoms with Crippen molar-refractivity contribution in [2.75, 3.05) is 6.54 Å². The molecule has 1 aliphatic rings. The van der Waals surface area contributed by atoms with Crippen LogP contribution in [0.2, 0.25) is 0 Å². The van der Waals surface area contributed by atoms with Crippen LogP contribution in [0.5, 0.6) is 0 Å². The number of carbonyl (C=O) groups is 1. The molecule has 1 amide bonds. The van der Waals surface area contributed by atoms with Crippen molar-refractivity contribution in [3.05, 3.63) is 22.4 Å². The van der Waals surface area contributed by atoms with Crippen LogP contribution in [0.4, 0.5) is 0 Å². The summed E-state index contributed by atoms with van der Waals surface area (Å²) >= 11 is 1.67. The Balaban J connectivity index is 1.69. The van der Waals surface area contributed by atoms with Gasteiger partial charge in [-0.05, 0) is 29.7 Å². The van der Waals surface area contributed by atoms with Crippen molar-refractivity contribution >= 4 is 17.2 Å². The molecule has 100 valence electrons. The minimum Gasteiger partial charge on any atom is -0.350 e. The van der Waals surface area contributed by atoms with E-state index >= 15 is 0 Å². The number of amides is 1. The molecule has 0 spiro atoms. The lowest BCUT2D eigenvalue weighted by Gasteiger charge is -2.27. The van der Waals surface area contributed by atoms with Crippen molar-refractivity contribution in [2.24, 2.45) is 5.41 Å². The minimum absolute atomic E-state index is 0.0890. The number of hydrogen-bond acceptors (Lipinski definition) is 3. The first kappa shape index (κ1) is 13.6. The molecular formula is C14H22N2OS. The molecule has 18 heavy (non-hydrogen) atoms. The fourth-order valence-corrected chi connectivity index (χ4v) is 3.23. The van der Waals surface area contributed by atoms with Gasteiger partial charge in [0.05, 0.1) is 13.1 Å². The molecule has 1 fully saturated rings. The van der Waals surface area contributed by atoms with Crippen molar-refractivity contribution in [3.8, 4) is 0 Å². The van der Waals surface area contributed by atoms with Gasteiger partial charge in [0.25, 0.3) is 0 Å². The summed E-state index contributed by atoms with van der Waals surface area (Å²) in [5, 5.41) is 8.37. The van der Waals surface area contributed by atoms with Gasteiger partial charge in [0, 0.05) is 10.9 Å². The molecule has 4 heteroatoms. The van der Waals surface area contributed by atoms with Gasteiger partial charge in [-0.1, -0.05) is 26.3 Å². The van der Waals surface area contributed by atoms with Gasteiger partial charge >= 0.3 is 0 Å². The summed E-state index contributed by atoms with van der Waals surface area (Å²) in [7, 11) is 0. The average molecular weight is 266 g/mol. The molecule has 1 heterocycles. The minimum atomic E-state index is 0.0890. The number of nitrogens with one attached hydrogen (secondary N) is 2. The standard InChI is InChI=1S/C14H22N2OS/c1-14(2)7-3-6-12(14)15-10-13(17)16-9-11-5-4-8-18-11/h4-5,8,12,15H,3,6-7,9-10H2,1-2H3,(H,16,17)/t12-/m0/s1. The van der Waals surface area contributed by atoms with Crippen LogP contribution in [0, 0.1) is 5.41 Å². The Morgan fingerprint density at radius 3 is 3.00 bits per heavy atom. The normalized spacial score (nSPS) is 22.0. The topological polar surface area (TPSA) is 41.1 Å². The molecular weight excluding hydrogens is 244 g/mol. The second-order valence-corrected chi connectivity index (χ2v) is 6.70. The van der Waals surface area contributed by atoms with Crippen LogP contribution in [0.1, 0.15) is 38.0 Å². The van der Waals surface area contributed by atoms with E-state index < -0.39 is 0 Å². The van der Waals surface area contributed by atoms with Crippen LogP contribution in [0.15, 0.2) is 17.5 Å². The fourth-order valence-electron chi connectivity index (χ4n) is 2.58. The van der Waals surface area contributed by atoms with Gasteiger partial charge in [0.2, 0.25) is 5.91 Å². The van der Waals surface area contributed by atoms with Crippen molar-refractivity contribution in [1.82, 2.24) is 10.6 Å². The van der Waals surface area contributed by atoms with Gasteiger partial charge in [-0.25, -0.2) is 0 Å². The summed E-state index contributed by atoms with van der Waals surface area (Å²) in [5.41, 5.74) is 0.327. The zero-order valence-corrected chi connectivity index (χ0v) is 12.0. The first-order chi connectivity index (χ1) is 8.58. The maximum absolute atomic E-state index is 11.7. The third kappa shape index (κ3) is 3.56. The highest BCUT2D eigenvalue weighted by Crippen LogP contribution is 2.36. The monoisotopic (exact) mass is 266 g/mol. The Morgan fingerprint density at radius 1 is 1.56 bits per heavy atom. The quantitative estimate of drug-likeness (QED) is 0.860. The molecule has 2 N–H and O–H groups in total. The number of rotatable bonds is 5. The van der Waals surface area contributed by atoms with E-state index in [-0.39, 0.29) is 5.91 Å². The highest BCUT2D eigenvalue weighted by atomic mass is 32.1. The van der Waals surface area contributed by atoms with E-state index in [0.717, 1.165) is 0 Å². The molecule has 2 rings (SSSR count). The van der Waals surface area contributed by atoms with Gasteiger partial charge in [-0.2, -0.15) is 0 Å².